The molecule has 3 aromatic rings. The highest BCUT2D eigenvalue weighted by Gasteiger charge is 2.16. The Balaban J connectivity index is 2.54. The van der Waals surface area contributed by atoms with Crippen LogP contribution in [0, 0.1) is 0 Å². The standard InChI is InChI=1S/C13H10N2O4/c1-2-15-6-9(13(17)18)10(16)8-5-7-3-4-19-12(7)14-11(8)15/h3-6H,2H2,1H3,(H,17,18). The number of aryl methyl sites for hydroxylation is 1. The Morgan fingerprint density at radius 1 is 1.53 bits per heavy atom. The van der Waals surface area contributed by atoms with Gasteiger partial charge in [-0.2, -0.15) is 4.98 Å². The van der Waals surface area contributed by atoms with Gasteiger partial charge in [-0.15, -0.1) is 0 Å². The molecule has 19 heavy (non-hydrogen) atoms. The van der Waals surface area contributed by atoms with E-state index in [-0.39, 0.29) is 10.9 Å². The number of aromatic nitrogens is 2. The predicted octanol–water partition coefficient (Wildman–Crippen LogP) is 1.86. The van der Waals surface area contributed by atoms with E-state index in [9.17, 15) is 9.59 Å². The Bertz CT molecular complexity index is 860. The molecule has 3 heterocycles. The van der Waals surface area contributed by atoms with E-state index in [4.69, 9.17) is 9.52 Å². The molecular formula is C13H10N2O4. The van der Waals surface area contributed by atoms with Crippen LogP contribution in [0.25, 0.3) is 22.1 Å². The fourth-order valence-corrected chi connectivity index (χ4v) is 2.09. The lowest BCUT2D eigenvalue weighted by atomic mass is 10.1. The van der Waals surface area contributed by atoms with Gasteiger partial charge in [0.15, 0.2) is 0 Å². The van der Waals surface area contributed by atoms with Crippen molar-refractivity contribution in [3.05, 3.63) is 40.4 Å². The van der Waals surface area contributed by atoms with Crippen LogP contribution in [0.3, 0.4) is 0 Å². The average Bonchev–Trinajstić information content (AvgIpc) is 2.84. The molecule has 0 aliphatic heterocycles. The zero-order valence-corrected chi connectivity index (χ0v) is 10.1. The summed E-state index contributed by atoms with van der Waals surface area (Å²) in [5, 5.41) is 10.0. The molecule has 6 nitrogen and oxygen atoms in total. The molecule has 6 heteroatoms. The third kappa shape index (κ3) is 1.61. The van der Waals surface area contributed by atoms with E-state index in [0.29, 0.717) is 23.3 Å². The lowest BCUT2D eigenvalue weighted by Crippen LogP contribution is -2.19. The summed E-state index contributed by atoms with van der Waals surface area (Å²) in [6.45, 7) is 2.36. The van der Waals surface area contributed by atoms with Gasteiger partial charge in [0.1, 0.15) is 11.2 Å². The number of pyridine rings is 2. The highest BCUT2D eigenvalue weighted by Crippen LogP contribution is 2.19. The summed E-state index contributed by atoms with van der Waals surface area (Å²) in [4.78, 5) is 27.5. The van der Waals surface area contributed by atoms with Crippen molar-refractivity contribution in [2.45, 2.75) is 13.5 Å². The molecule has 0 bridgehead atoms. The second kappa shape index (κ2) is 3.94. The van der Waals surface area contributed by atoms with Crippen LogP contribution in [0.4, 0.5) is 0 Å². The summed E-state index contributed by atoms with van der Waals surface area (Å²) in [6, 6.07) is 3.30. The maximum Gasteiger partial charge on any atom is 0.341 e. The molecule has 0 fully saturated rings. The molecule has 0 aromatic carbocycles. The molecule has 0 aliphatic rings. The lowest BCUT2D eigenvalue weighted by molar-refractivity contribution is 0.0695. The molecular weight excluding hydrogens is 248 g/mol. The third-order valence-corrected chi connectivity index (χ3v) is 3.04. The molecule has 0 atom stereocenters. The van der Waals surface area contributed by atoms with Crippen LogP contribution in [-0.2, 0) is 6.54 Å². The Morgan fingerprint density at radius 3 is 3.00 bits per heavy atom. The lowest BCUT2D eigenvalue weighted by Gasteiger charge is -2.08. The summed E-state index contributed by atoms with van der Waals surface area (Å²) >= 11 is 0. The van der Waals surface area contributed by atoms with Gasteiger partial charge in [-0.3, -0.25) is 4.79 Å². The van der Waals surface area contributed by atoms with Gasteiger partial charge in [0, 0.05) is 18.1 Å². The number of carboxylic acids is 1. The minimum atomic E-state index is -1.23. The summed E-state index contributed by atoms with van der Waals surface area (Å²) in [5.41, 5.74) is 0.0823. The van der Waals surface area contributed by atoms with Gasteiger partial charge in [0.25, 0.3) is 0 Å². The number of furan rings is 1. The first-order valence-electron chi connectivity index (χ1n) is 5.76. The number of fused-ring (bicyclic) bond motifs is 2. The van der Waals surface area contributed by atoms with Crippen molar-refractivity contribution in [1.29, 1.82) is 0 Å². The SMILES string of the molecule is CCn1cc(C(=O)O)c(=O)c2cc3ccoc3nc21. The smallest absolute Gasteiger partial charge is 0.341 e. The first-order valence-corrected chi connectivity index (χ1v) is 5.76. The van der Waals surface area contributed by atoms with Crippen molar-refractivity contribution < 1.29 is 14.3 Å². The molecule has 3 aromatic heterocycles. The van der Waals surface area contributed by atoms with Gasteiger partial charge in [0.05, 0.1) is 11.6 Å². The fraction of sp³-hybridized carbons (Fsp3) is 0.154. The Labute approximate surface area is 106 Å². The van der Waals surface area contributed by atoms with Gasteiger partial charge in [0.2, 0.25) is 11.1 Å². The van der Waals surface area contributed by atoms with Crippen molar-refractivity contribution in [3.8, 4) is 0 Å². The summed E-state index contributed by atoms with van der Waals surface area (Å²) in [6.07, 6.45) is 2.80. The molecule has 0 amide bonds. The first kappa shape index (κ1) is 11.5. The largest absolute Gasteiger partial charge is 0.477 e. The molecule has 1 N–H and O–H groups in total. The molecule has 0 spiro atoms. The van der Waals surface area contributed by atoms with Gasteiger partial charge < -0.3 is 14.1 Å². The van der Waals surface area contributed by atoms with E-state index in [2.05, 4.69) is 4.98 Å². The number of carboxylic acid groups (broad SMARTS) is 1. The highest BCUT2D eigenvalue weighted by molar-refractivity contribution is 5.94. The average molecular weight is 258 g/mol. The maximum atomic E-state index is 12.1. The van der Waals surface area contributed by atoms with Crippen LogP contribution < -0.4 is 5.43 Å². The Morgan fingerprint density at radius 2 is 2.32 bits per heavy atom. The first-order chi connectivity index (χ1) is 9.11. The van der Waals surface area contributed by atoms with Gasteiger partial charge in [-0.25, -0.2) is 4.79 Å². The second-order valence-corrected chi connectivity index (χ2v) is 4.14. The quantitative estimate of drug-likeness (QED) is 0.758. The van der Waals surface area contributed by atoms with Crippen molar-refractivity contribution in [3.63, 3.8) is 0 Å². The van der Waals surface area contributed by atoms with Crippen LogP contribution in [-0.4, -0.2) is 20.6 Å². The predicted molar refractivity (Wildman–Crippen MR) is 68.4 cm³/mol. The van der Waals surface area contributed by atoms with Crippen molar-refractivity contribution in [2.24, 2.45) is 0 Å². The summed E-state index contributed by atoms with van der Waals surface area (Å²) < 4.78 is 6.83. The van der Waals surface area contributed by atoms with E-state index < -0.39 is 11.4 Å². The maximum absolute atomic E-state index is 12.1. The van der Waals surface area contributed by atoms with Crippen LogP contribution in [0.15, 0.2) is 33.8 Å². The van der Waals surface area contributed by atoms with E-state index in [0.717, 1.165) is 0 Å². The molecule has 3 rings (SSSR count). The number of rotatable bonds is 2. The van der Waals surface area contributed by atoms with Crippen molar-refractivity contribution in [1.82, 2.24) is 9.55 Å². The monoisotopic (exact) mass is 258 g/mol. The number of hydrogen-bond donors (Lipinski definition) is 1. The second-order valence-electron chi connectivity index (χ2n) is 4.14. The molecule has 0 saturated heterocycles. The zero-order chi connectivity index (χ0) is 13.6. The Hall–Kier alpha value is -2.63. The number of aromatic carboxylic acids is 1. The van der Waals surface area contributed by atoms with Crippen molar-refractivity contribution in [2.75, 3.05) is 0 Å². The highest BCUT2D eigenvalue weighted by atomic mass is 16.4. The molecule has 0 radical (unpaired) electrons. The van der Waals surface area contributed by atoms with Gasteiger partial charge in [-0.05, 0) is 19.1 Å². The zero-order valence-electron chi connectivity index (χ0n) is 10.1. The van der Waals surface area contributed by atoms with E-state index in [1.54, 1.807) is 16.7 Å². The molecule has 96 valence electrons. The van der Waals surface area contributed by atoms with Crippen LogP contribution >= 0.6 is 0 Å². The minimum absolute atomic E-state index is 0.251. The molecule has 0 aliphatic carbocycles. The summed E-state index contributed by atoms with van der Waals surface area (Å²) in [7, 11) is 0. The van der Waals surface area contributed by atoms with E-state index in [1.165, 1.54) is 12.5 Å². The Kier molecular flexibility index (Phi) is 2.38. The van der Waals surface area contributed by atoms with Gasteiger partial charge >= 0.3 is 5.97 Å². The molecule has 0 saturated carbocycles. The van der Waals surface area contributed by atoms with E-state index >= 15 is 0 Å². The normalized spacial score (nSPS) is 11.2. The number of carbonyl (C=O) groups is 1. The minimum Gasteiger partial charge on any atom is -0.477 e. The van der Waals surface area contributed by atoms with Gasteiger partial charge in [-0.1, -0.05) is 0 Å². The molecule has 0 unspecified atom stereocenters. The van der Waals surface area contributed by atoms with Crippen LogP contribution in [0.2, 0.25) is 0 Å². The van der Waals surface area contributed by atoms with Crippen LogP contribution in [0.1, 0.15) is 17.3 Å². The number of hydrogen-bond acceptors (Lipinski definition) is 4. The third-order valence-electron chi connectivity index (χ3n) is 3.04. The fourth-order valence-electron chi connectivity index (χ4n) is 2.09. The summed E-state index contributed by atoms with van der Waals surface area (Å²) in [5.74, 6) is -1.23. The topological polar surface area (TPSA) is 85.3 Å². The van der Waals surface area contributed by atoms with E-state index in [1.807, 2.05) is 6.92 Å². The van der Waals surface area contributed by atoms with Crippen molar-refractivity contribution >= 4 is 28.1 Å². The van der Waals surface area contributed by atoms with Crippen LogP contribution in [0.5, 0.6) is 0 Å². The number of nitrogens with zero attached hydrogens (tertiary/aromatic N) is 2.